The van der Waals surface area contributed by atoms with Gasteiger partial charge in [0.2, 0.25) is 0 Å². The van der Waals surface area contributed by atoms with E-state index in [1.54, 1.807) is 7.11 Å². The fourth-order valence-electron chi connectivity index (χ4n) is 2.81. The minimum atomic E-state index is 0.356. The SMILES string of the molecule is C=CC[C@H](c1ccc(OCC)c(OC)c1)N1CCNCC1. The maximum absolute atomic E-state index is 5.60. The molecule has 0 saturated carbocycles. The van der Waals surface area contributed by atoms with Gasteiger partial charge in [0, 0.05) is 32.2 Å². The molecule has 1 aromatic carbocycles. The van der Waals surface area contributed by atoms with Gasteiger partial charge in [0.25, 0.3) is 0 Å². The largest absolute Gasteiger partial charge is 0.493 e. The second kappa shape index (κ2) is 8.05. The number of ether oxygens (including phenoxy) is 2. The van der Waals surface area contributed by atoms with Crippen molar-refractivity contribution in [2.75, 3.05) is 39.9 Å². The molecule has 0 spiro atoms. The van der Waals surface area contributed by atoms with E-state index in [2.05, 4.69) is 28.9 Å². The van der Waals surface area contributed by atoms with E-state index in [1.807, 2.05) is 19.1 Å². The molecular weight excluding hydrogens is 264 g/mol. The van der Waals surface area contributed by atoms with Crippen LogP contribution in [0.3, 0.4) is 0 Å². The van der Waals surface area contributed by atoms with Crippen molar-refractivity contribution in [1.29, 1.82) is 0 Å². The maximum Gasteiger partial charge on any atom is 0.161 e. The summed E-state index contributed by atoms with van der Waals surface area (Å²) in [6, 6.07) is 6.61. The summed E-state index contributed by atoms with van der Waals surface area (Å²) in [6.45, 7) is 10.7. The molecule has 1 saturated heterocycles. The molecular formula is C17H26N2O2. The zero-order chi connectivity index (χ0) is 15.1. The molecule has 0 aromatic heterocycles. The summed E-state index contributed by atoms with van der Waals surface area (Å²) in [5.74, 6) is 1.61. The number of nitrogens with zero attached hydrogens (tertiary/aromatic N) is 1. The molecule has 0 radical (unpaired) electrons. The number of rotatable bonds is 7. The van der Waals surface area contributed by atoms with E-state index in [9.17, 15) is 0 Å². The smallest absolute Gasteiger partial charge is 0.161 e. The molecule has 1 fully saturated rings. The van der Waals surface area contributed by atoms with Crippen molar-refractivity contribution in [1.82, 2.24) is 10.2 Å². The number of benzene rings is 1. The van der Waals surface area contributed by atoms with E-state index in [4.69, 9.17) is 9.47 Å². The average Bonchev–Trinajstić information content (AvgIpc) is 2.54. The fraction of sp³-hybridized carbons (Fsp3) is 0.529. The third-order valence-electron chi connectivity index (χ3n) is 3.85. The van der Waals surface area contributed by atoms with Crippen LogP contribution in [0.5, 0.6) is 11.5 Å². The van der Waals surface area contributed by atoms with Crippen LogP contribution >= 0.6 is 0 Å². The highest BCUT2D eigenvalue weighted by molar-refractivity contribution is 5.44. The second-order valence-corrected chi connectivity index (χ2v) is 5.17. The van der Waals surface area contributed by atoms with Crippen LogP contribution in [0.25, 0.3) is 0 Å². The van der Waals surface area contributed by atoms with Crippen LogP contribution in [-0.4, -0.2) is 44.8 Å². The topological polar surface area (TPSA) is 33.7 Å². The summed E-state index contributed by atoms with van der Waals surface area (Å²) in [5.41, 5.74) is 1.26. The number of nitrogens with one attached hydrogen (secondary N) is 1. The van der Waals surface area contributed by atoms with Crippen LogP contribution in [-0.2, 0) is 0 Å². The Hall–Kier alpha value is -1.52. The van der Waals surface area contributed by atoms with Crippen LogP contribution in [0.2, 0.25) is 0 Å². The Labute approximate surface area is 127 Å². The van der Waals surface area contributed by atoms with E-state index < -0.39 is 0 Å². The molecule has 2 rings (SSSR count). The van der Waals surface area contributed by atoms with Gasteiger partial charge in [-0.2, -0.15) is 0 Å². The monoisotopic (exact) mass is 290 g/mol. The van der Waals surface area contributed by atoms with Crippen LogP contribution in [0.15, 0.2) is 30.9 Å². The quantitative estimate of drug-likeness (QED) is 0.783. The van der Waals surface area contributed by atoms with Gasteiger partial charge in [-0.3, -0.25) is 4.90 Å². The lowest BCUT2D eigenvalue weighted by atomic mass is 10.0. The van der Waals surface area contributed by atoms with Crippen molar-refractivity contribution in [3.8, 4) is 11.5 Å². The predicted molar refractivity (Wildman–Crippen MR) is 86.2 cm³/mol. The second-order valence-electron chi connectivity index (χ2n) is 5.17. The lowest BCUT2D eigenvalue weighted by Crippen LogP contribution is -2.45. The molecule has 1 aliphatic heterocycles. The van der Waals surface area contributed by atoms with Crippen molar-refractivity contribution in [2.24, 2.45) is 0 Å². The summed E-state index contributed by atoms with van der Waals surface area (Å²) >= 11 is 0. The molecule has 116 valence electrons. The normalized spacial score (nSPS) is 17.2. The van der Waals surface area contributed by atoms with Crippen LogP contribution < -0.4 is 14.8 Å². The molecule has 4 heteroatoms. The van der Waals surface area contributed by atoms with Gasteiger partial charge in [-0.15, -0.1) is 6.58 Å². The molecule has 0 amide bonds. The number of methoxy groups -OCH3 is 1. The summed E-state index contributed by atoms with van der Waals surface area (Å²) in [6.07, 6.45) is 2.94. The lowest BCUT2D eigenvalue weighted by molar-refractivity contribution is 0.174. The summed E-state index contributed by atoms with van der Waals surface area (Å²) in [4.78, 5) is 2.51. The maximum atomic E-state index is 5.60. The van der Waals surface area contributed by atoms with Crippen molar-refractivity contribution in [3.05, 3.63) is 36.4 Å². The zero-order valence-corrected chi connectivity index (χ0v) is 13.1. The van der Waals surface area contributed by atoms with E-state index in [0.717, 1.165) is 44.1 Å². The van der Waals surface area contributed by atoms with Gasteiger partial charge in [-0.05, 0) is 31.0 Å². The molecule has 1 aromatic rings. The molecule has 1 heterocycles. The summed E-state index contributed by atoms with van der Waals surface area (Å²) in [7, 11) is 1.69. The Bertz CT molecular complexity index is 456. The molecule has 21 heavy (non-hydrogen) atoms. The number of piperazine rings is 1. The first-order valence-corrected chi connectivity index (χ1v) is 7.66. The minimum absolute atomic E-state index is 0.356. The summed E-state index contributed by atoms with van der Waals surface area (Å²) in [5, 5.41) is 3.40. The number of hydrogen-bond acceptors (Lipinski definition) is 4. The summed E-state index contributed by atoms with van der Waals surface area (Å²) < 4.78 is 11.1. The first-order valence-electron chi connectivity index (χ1n) is 7.66. The van der Waals surface area contributed by atoms with Crippen LogP contribution in [0.4, 0.5) is 0 Å². The molecule has 0 bridgehead atoms. The Morgan fingerprint density at radius 2 is 2.10 bits per heavy atom. The van der Waals surface area contributed by atoms with E-state index >= 15 is 0 Å². The number of hydrogen-bond donors (Lipinski definition) is 1. The van der Waals surface area contributed by atoms with Crippen molar-refractivity contribution in [2.45, 2.75) is 19.4 Å². The minimum Gasteiger partial charge on any atom is -0.493 e. The van der Waals surface area contributed by atoms with E-state index in [-0.39, 0.29) is 0 Å². The van der Waals surface area contributed by atoms with E-state index in [1.165, 1.54) is 5.56 Å². The van der Waals surface area contributed by atoms with Crippen molar-refractivity contribution >= 4 is 0 Å². The Balaban J connectivity index is 2.24. The molecule has 1 N–H and O–H groups in total. The molecule has 1 atom stereocenters. The highest BCUT2D eigenvalue weighted by Gasteiger charge is 2.22. The van der Waals surface area contributed by atoms with Gasteiger partial charge < -0.3 is 14.8 Å². The molecule has 0 unspecified atom stereocenters. The lowest BCUT2D eigenvalue weighted by Gasteiger charge is -2.35. The highest BCUT2D eigenvalue weighted by atomic mass is 16.5. The van der Waals surface area contributed by atoms with Crippen LogP contribution in [0.1, 0.15) is 24.9 Å². The zero-order valence-electron chi connectivity index (χ0n) is 13.1. The van der Waals surface area contributed by atoms with Gasteiger partial charge in [0.1, 0.15) is 0 Å². The van der Waals surface area contributed by atoms with Gasteiger partial charge in [0.05, 0.1) is 13.7 Å². The average molecular weight is 290 g/mol. The highest BCUT2D eigenvalue weighted by Crippen LogP contribution is 2.33. The van der Waals surface area contributed by atoms with Crippen LogP contribution in [0, 0.1) is 0 Å². The predicted octanol–water partition coefficient (Wildman–Crippen LogP) is 2.62. The van der Waals surface area contributed by atoms with Gasteiger partial charge in [-0.1, -0.05) is 12.1 Å². The third-order valence-corrected chi connectivity index (χ3v) is 3.85. The third kappa shape index (κ3) is 3.99. The Morgan fingerprint density at radius 3 is 2.71 bits per heavy atom. The van der Waals surface area contributed by atoms with Gasteiger partial charge in [-0.25, -0.2) is 0 Å². The Morgan fingerprint density at radius 1 is 1.33 bits per heavy atom. The van der Waals surface area contributed by atoms with E-state index in [0.29, 0.717) is 12.6 Å². The van der Waals surface area contributed by atoms with Gasteiger partial charge >= 0.3 is 0 Å². The Kier molecular flexibility index (Phi) is 6.08. The van der Waals surface area contributed by atoms with Gasteiger partial charge in [0.15, 0.2) is 11.5 Å². The molecule has 1 aliphatic rings. The fourth-order valence-corrected chi connectivity index (χ4v) is 2.81. The first-order chi connectivity index (χ1) is 10.3. The molecule has 0 aliphatic carbocycles. The standard InChI is InChI=1S/C17H26N2O2/c1-4-6-15(19-11-9-18-10-12-19)14-7-8-16(21-5-2)17(13-14)20-3/h4,7-8,13,15,18H,1,5-6,9-12H2,2-3H3/t15-/m1/s1. The molecule has 4 nitrogen and oxygen atoms in total. The first kappa shape index (κ1) is 15.9. The van der Waals surface area contributed by atoms with Crippen molar-refractivity contribution in [3.63, 3.8) is 0 Å². The van der Waals surface area contributed by atoms with Crippen molar-refractivity contribution < 1.29 is 9.47 Å².